The maximum absolute atomic E-state index is 5.52. The van der Waals surface area contributed by atoms with E-state index in [9.17, 15) is 0 Å². The second kappa shape index (κ2) is 9.45. The van der Waals surface area contributed by atoms with Crippen molar-refractivity contribution in [2.45, 2.75) is 13.3 Å². The van der Waals surface area contributed by atoms with Crippen LogP contribution in [0.25, 0.3) is 0 Å². The van der Waals surface area contributed by atoms with Crippen molar-refractivity contribution in [2.75, 3.05) is 32.9 Å². The minimum Gasteiger partial charge on any atom is -0.491 e. The molecule has 17 heavy (non-hydrogen) atoms. The molecule has 0 aliphatic heterocycles. The van der Waals surface area contributed by atoms with Crippen molar-refractivity contribution in [1.29, 1.82) is 0 Å². The summed E-state index contributed by atoms with van der Waals surface area (Å²) in [6, 6.07) is 7.80. The summed E-state index contributed by atoms with van der Waals surface area (Å²) < 4.78 is 12.0. The number of ether oxygens (including phenoxy) is 2. The molecule has 0 spiro atoms. The van der Waals surface area contributed by atoms with Crippen molar-refractivity contribution in [3.8, 4) is 5.75 Å². The van der Waals surface area contributed by atoms with E-state index in [1.165, 1.54) is 0 Å². The second-order valence-corrected chi connectivity index (χ2v) is 4.58. The molecule has 0 aliphatic carbocycles. The summed E-state index contributed by atoms with van der Waals surface area (Å²) in [5, 5.41) is 3.28. The monoisotopic (exact) mass is 301 g/mol. The average Bonchev–Trinajstić information content (AvgIpc) is 2.35. The van der Waals surface area contributed by atoms with Crippen LogP contribution in [0.4, 0.5) is 0 Å². The van der Waals surface area contributed by atoms with Crippen LogP contribution in [0, 0.1) is 0 Å². The van der Waals surface area contributed by atoms with E-state index in [2.05, 4.69) is 28.2 Å². The van der Waals surface area contributed by atoms with Crippen LogP contribution in [-0.4, -0.2) is 32.9 Å². The third kappa shape index (κ3) is 7.36. The maximum Gasteiger partial charge on any atom is 0.119 e. The molecular formula is C13H20BrNO2. The quantitative estimate of drug-likeness (QED) is 0.712. The second-order valence-electron chi connectivity index (χ2n) is 3.66. The number of nitrogens with one attached hydrogen (secondary N) is 1. The molecule has 0 unspecified atom stereocenters. The first-order valence-corrected chi connectivity index (χ1v) is 6.79. The predicted molar refractivity (Wildman–Crippen MR) is 73.6 cm³/mol. The van der Waals surface area contributed by atoms with Crippen molar-refractivity contribution in [3.05, 3.63) is 28.7 Å². The van der Waals surface area contributed by atoms with Crippen molar-refractivity contribution in [3.63, 3.8) is 0 Å². The summed E-state index contributed by atoms with van der Waals surface area (Å²) >= 11 is 3.38. The highest BCUT2D eigenvalue weighted by Gasteiger charge is 1.93. The largest absolute Gasteiger partial charge is 0.491 e. The number of halogens is 1. The molecule has 1 rings (SSSR count). The molecule has 0 aromatic heterocycles. The number of rotatable bonds is 9. The van der Waals surface area contributed by atoms with Gasteiger partial charge in [0.05, 0.1) is 13.2 Å². The third-order valence-electron chi connectivity index (χ3n) is 2.16. The molecule has 4 heteroatoms. The highest BCUT2D eigenvalue weighted by molar-refractivity contribution is 9.10. The Kier molecular flexibility index (Phi) is 8.05. The molecule has 0 amide bonds. The van der Waals surface area contributed by atoms with E-state index < -0.39 is 0 Å². The fraction of sp³-hybridized carbons (Fsp3) is 0.538. The smallest absolute Gasteiger partial charge is 0.119 e. The minimum absolute atomic E-state index is 0.593. The standard InChI is InChI=1S/C13H20BrNO2/c1-2-7-15-8-9-16-10-11-17-13-5-3-12(14)4-6-13/h3-6,15H,2,7-11H2,1H3. The van der Waals surface area contributed by atoms with Gasteiger partial charge in [-0.2, -0.15) is 0 Å². The molecule has 0 fully saturated rings. The van der Waals surface area contributed by atoms with Gasteiger partial charge in [0.25, 0.3) is 0 Å². The fourth-order valence-corrected chi connectivity index (χ4v) is 1.56. The van der Waals surface area contributed by atoms with Gasteiger partial charge in [0, 0.05) is 11.0 Å². The molecule has 0 aliphatic rings. The van der Waals surface area contributed by atoms with E-state index in [4.69, 9.17) is 9.47 Å². The van der Waals surface area contributed by atoms with E-state index >= 15 is 0 Å². The molecule has 1 aromatic rings. The van der Waals surface area contributed by atoms with Gasteiger partial charge in [-0.1, -0.05) is 22.9 Å². The van der Waals surface area contributed by atoms with Crippen LogP contribution in [0.15, 0.2) is 28.7 Å². The predicted octanol–water partition coefficient (Wildman–Crippen LogP) is 2.84. The van der Waals surface area contributed by atoms with Gasteiger partial charge in [0.1, 0.15) is 12.4 Å². The summed E-state index contributed by atoms with van der Waals surface area (Å²) in [6.45, 7) is 6.08. The van der Waals surface area contributed by atoms with Gasteiger partial charge in [0.15, 0.2) is 0 Å². The van der Waals surface area contributed by atoms with Crippen molar-refractivity contribution in [2.24, 2.45) is 0 Å². The molecule has 3 nitrogen and oxygen atoms in total. The van der Waals surface area contributed by atoms with Crippen LogP contribution in [0.2, 0.25) is 0 Å². The Hall–Kier alpha value is -0.580. The van der Waals surface area contributed by atoms with Gasteiger partial charge in [-0.3, -0.25) is 0 Å². The molecule has 1 N–H and O–H groups in total. The Labute approximate surface area is 112 Å². The molecule has 0 radical (unpaired) electrons. The normalized spacial score (nSPS) is 10.5. The summed E-state index contributed by atoms with van der Waals surface area (Å²) in [6.07, 6.45) is 1.16. The van der Waals surface area contributed by atoms with Crippen LogP contribution in [0.1, 0.15) is 13.3 Å². The Morgan fingerprint density at radius 1 is 1.06 bits per heavy atom. The topological polar surface area (TPSA) is 30.5 Å². The Morgan fingerprint density at radius 3 is 2.53 bits per heavy atom. The van der Waals surface area contributed by atoms with Gasteiger partial charge >= 0.3 is 0 Å². The van der Waals surface area contributed by atoms with E-state index in [0.717, 1.165) is 36.3 Å². The third-order valence-corrected chi connectivity index (χ3v) is 2.69. The first kappa shape index (κ1) is 14.5. The maximum atomic E-state index is 5.52. The van der Waals surface area contributed by atoms with E-state index in [0.29, 0.717) is 13.2 Å². The fourth-order valence-electron chi connectivity index (χ4n) is 1.30. The zero-order valence-electron chi connectivity index (χ0n) is 10.2. The van der Waals surface area contributed by atoms with Crippen molar-refractivity contribution >= 4 is 15.9 Å². The Bertz CT molecular complexity index is 290. The lowest BCUT2D eigenvalue weighted by Gasteiger charge is -2.07. The number of hydrogen-bond acceptors (Lipinski definition) is 3. The summed E-state index contributed by atoms with van der Waals surface area (Å²) in [5.74, 6) is 0.876. The highest BCUT2D eigenvalue weighted by Crippen LogP contribution is 2.15. The lowest BCUT2D eigenvalue weighted by atomic mass is 10.3. The van der Waals surface area contributed by atoms with Gasteiger partial charge in [-0.25, -0.2) is 0 Å². The molecular weight excluding hydrogens is 282 g/mol. The Morgan fingerprint density at radius 2 is 1.82 bits per heavy atom. The first-order chi connectivity index (χ1) is 8.33. The molecule has 1 aromatic carbocycles. The lowest BCUT2D eigenvalue weighted by Crippen LogP contribution is -2.21. The van der Waals surface area contributed by atoms with Gasteiger partial charge in [-0.15, -0.1) is 0 Å². The molecule has 0 bridgehead atoms. The molecule has 0 atom stereocenters. The average molecular weight is 302 g/mol. The van der Waals surface area contributed by atoms with Crippen LogP contribution in [0.3, 0.4) is 0 Å². The van der Waals surface area contributed by atoms with E-state index in [1.807, 2.05) is 24.3 Å². The zero-order valence-corrected chi connectivity index (χ0v) is 11.8. The molecule has 0 saturated heterocycles. The summed E-state index contributed by atoms with van der Waals surface area (Å²) in [4.78, 5) is 0. The van der Waals surface area contributed by atoms with E-state index in [1.54, 1.807) is 0 Å². The van der Waals surface area contributed by atoms with Crippen LogP contribution < -0.4 is 10.1 Å². The van der Waals surface area contributed by atoms with Gasteiger partial charge in [0.2, 0.25) is 0 Å². The summed E-state index contributed by atoms with van der Waals surface area (Å²) in [5.41, 5.74) is 0. The number of benzene rings is 1. The number of hydrogen-bond donors (Lipinski definition) is 1. The zero-order chi connectivity index (χ0) is 12.3. The Balaban J connectivity index is 1.95. The summed E-state index contributed by atoms with van der Waals surface area (Å²) in [7, 11) is 0. The van der Waals surface area contributed by atoms with Crippen molar-refractivity contribution in [1.82, 2.24) is 5.32 Å². The minimum atomic E-state index is 0.593. The van der Waals surface area contributed by atoms with Crippen molar-refractivity contribution < 1.29 is 9.47 Å². The van der Waals surface area contributed by atoms with E-state index in [-0.39, 0.29) is 0 Å². The lowest BCUT2D eigenvalue weighted by molar-refractivity contribution is 0.102. The van der Waals surface area contributed by atoms with Gasteiger partial charge < -0.3 is 14.8 Å². The SMILES string of the molecule is CCCNCCOCCOc1ccc(Br)cc1. The molecule has 0 saturated carbocycles. The molecule has 0 heterocycles. The highest BCUT2D eigenvalue weighted by atomic mass is 79.9. The van der Waals surface area contributed by atoms with Crippen LogP contribution in [-0.2, 0) is 4.74 Å². The van der Waals surface area contributed by atoms with Crippen LogP contribution >= 0.6 is 15.9 Å². The van der Waals surface area contributed by atoms with Crippen LogP contribution in [0.5, 0.6) is 5.75 Å². The molecule has 96 valence electrons. The first-order valence-electron chi connectivity index (χ1n) is 5.99. The van der Waals surface area contributed by atoms with Gasteiger partial charge in [-0.05, 0) is 37.2 Å².